The lowest BCUT2D eigenvalue weighted by Crippen LogP contribution is -2.24. The molecule has 1 nitrogen and oxygen atoms in total. The molecule has 0 unspecified atom stereocenters. The van der Waals surface area contributed by atoms with Crippen molar-refractivity contribution in [3.8, 4) is 56.0 Å². The van der Waals surface area contributed by atoms with Crippen molar-refractivity contribution in [3.63, 3.8) is 0 Å². The quantitative estimate of drug-likeness (QED) is 0.227. The van der Waals surface area contributed by atoms with Crippen molar-refractivity contribution in [2.45, 2.75) is 19.3 Å². The lowest BCUT2D eigenvalue weighted by molar-refractivity contribution is 0.418. The summed E-state index contributed by atoms with van der Waals surface area (Å²) in [5, 5.41) is 0. The van der Waals surface area contributed by atoms with Gasteiger partial charge in [0.1, 0.15) is 11.5 Å². The molecular weight excluding hydrogens is 484 g/mol. The fraction of sp³-hybridized carbons (Fsp3) is 0.0769. The summed E-state index contributed by atoms with van der Waals surface area (Å²) >= 11 is 0. The van der Waals surface area contributed by atoms with E-state index < -0.39 is 0 Å². The number of fused-ring (bicyclic) bond motifs is 2. The van der Waals surface area contributed by atoms with Crippen LogP contribution in [0.25, 0.3) is 44.5 Å². The van der Waals surface area contributed by atoms with Crippen molar-refractivity contribution in [2.24, 2.45) is 0 Å². The molecule has 0 saturated heterocycles. The molecule has 7 rings (SSSR count). The Morgan fingerprint density at radius 1 is 0.375 bits per heavy atom. The van der Waals surface area contributed by atoms with Gasteiger partial charge in [-0.05, 0) is 62.7 Å². The van der Waals surface area contributed by atoms with Crippen LogP contribution in [0.2, 0.25) is 0 Å². The van der Waals surface area contributed by atoms with Gasteiger partial charge in [-0.2, -0.15) is 0 Å². The highest BCUT2D eigenvalue weighted by Gasteiger charge is 2.33. The average molecular weight is 515 g/mol. The molecule has 40 heavy (non-hydrogen) atoms. The fourth-order valence-electron chi connectivity index (χ4n) is 5.94. The number of ether oxygens (including phenoxy) is 1. The first-order valence-corrected chi connectivity index (χ1v) is 13.9. The van der Waals surface area contributed by atoms with Gasteiger partial charge in [-0.25, -0.2) is 0 Å². The van der Waals surface area contributed by atoms with Crippen LogP contribution in [-0.2, 0) is 5.41 Å². The van der Waals surface area contributed by atoms with Gasteiger partial charge in [0.25, 0.3) is 0 Å². The topological polar surface area (TPSA) is 9.23 Å². The normalized spacial score (nSPS) is 13.2. The van der Waals surface area contributed by atoms with Crippen LogP contribution in [0.4, 0.5) is 0 Å². The Morgan fingerprint density at radius 2 is 0.875 bits per heavy atom. The van der Waals surface area contributed by atoms with E-state index in [4.69, 9.17) is 4.74 Å². The first kappa shape index (κ1) is 24.2. The molecule has 0 saturated carbocycles. The SMILES string of the molecule is CC1(C)c2ccccc2Oc2cc(-c3ccc(-c4ccc(-c5ccccc5)c(-c5ccccc5)c4)cc3)ccc21. The van der Waals surface area contributed by atoms with Gasteiger partial charge < -0.3 is 4.74 Å². The fourth-order valence-corrected chi connectivity index (χ4v) is 5.94. The highest BCUT2D eigenvalue weighted by atomic mass is 16.5. The summed E-state index contributed by atoms with van der Waals surface area (Å²) in [5.41, 5.74) is 12.0. The summed E-state index contributed by atoms with van der Waals surface area (Å²) in [5.74, 6) is 1.88. The van der Waals surface area contributed by atoms with Crippen molar-refractivity contribution < 1.29 is 4.74 Å². The Hall–Kier alpha value is -4.88. The van der Waals surface area contributed by atoms with Gasteiger partial charge in [-0.15, -0.1) is 0 Å². The molecule has 0 N–H and O–H groups in total. The second kappa shape index (κ2) is 9.70. The van der Waals surface area contributed by atoms with Crippen molar-refractivity contribution in [3.05, 3.63) is 157 Å². The number of rotatable bonds is 4. The molecule has 0 amide bonds. The second-order valence-electron chi connectivity index (χ2n) is 11.0. The zero-order chi connectivity index (χ0) is 27.1. The van der Waals surface area contributed by atoms with E-state index >= 15 is 0 Å². The van der Waals surface area contributed by atoms with Gasteiger partial charge in [0.15, 0.2) is 0 Å². The van der Waals surface area contributed by atoms with E-state index in [0.717, 1.165) is 17.1 Å². The largest absolute Gasteiger partial charge is 0.457 e. The maximum atomic E-state index is 6.37. The van der Waals surface area contributed by atoms with E-state index in [1.807, 2.05) is 6.07 Å². The van der Waals surface area contributed by atoms with Crippen LogP contribution in [0.5, 0.6) is 11.5 Å². The van der Waals surface area contributed by atoms with Crippen molar-refractivity contribution in [1.29, 1.82) is 0 Å². The van der Waals surface area contributed by atoms with Gasteiger partial charge in [0, 0.05) is 16.5 Å². The highest BCUT2D eigenvalue weighted by Crippen LogP contribution is 2.48. The minimum Gasteiger partial charge on any atom is -0.457 e. The molecule has 0 atom stereocenters. The van der Waals surface area contributed by atoms with Gasteiger partial charge in [0.05, 0.1) is 0 Å². The van der Waals surface area contributed by atoms with E-state index in [-0.39, 0.29) is 5.41 Å². The van der Waals surface area contributed by atoms with Gasteiger partial charge in [-0.1, -0.05) is 141 Å². The number of hydrogen-bond donors (Lipinski definition) is 0. The maximum absolute atomic E-state index is 6.37. The molecule has 192 valence electrons. The molecule has 6 aromatic carbocycles. The monoisotopic (exact) mass is 514 g/mol. The van der Waals surface area contributed by atoms with Crippen LogP contribution in [-0.4, -0.2) is 0 Å². The Bertz CT molecular complexity index is 1810. The van der Waals surface area contributed by atoms with Crippen molar-refractivity contribution in [1.82, 2.24) is 0 Å². The minimum atomic E-state index is -0.102. The van der Waals surface area contributed by atoms with E-state index in [0.29, 0.717) is 0 Å². The lowest BCUT2D eigenvalue weighted by Gasteiger charge is -2.34. The Balaban J connectivity index is 1.23. The molecule has 0 aromatic heterocycles. The zero-order valence-electron chi connectivity index (χ0n) is 22.8. The smallest absolute Gasteiger partial charge is 0.132 e. The molecule has 0 radical (unpaired) electrons. The third kappa shape index (κ3) is 4.21. The van der Waals surface area contributed by atoms with Gasteiger partial charge in [-0.3, -0.25) is 0 Å². The van der Waals surface area contributed by atoms with E-state index in [2.05, 4.69) is 153 Å². The first-order valence-electron chi connectivity index (χ1n) is 13.9. The van der Waals surface area contributed by atoms with E-state index in [1.54, 1.807) is 0 Å². The summed E-state index contributed by atoms with van der Waals surface area (Å²) in [6.07, 6.45) is 0. The van der Waals surface area contributed by atoms with E-state index in [1.165, 1.54) is 50.1 Å². The number of benzene rings is 6. The van der Waals surface area contributed by atoms with Crippen LogP contribution in [0.3, 0.4) is 0 Å². The van der Waals surface area contributed by atoms with Crippen LogP contribution in [0, 0.1) is 0 Å². The van der Waals surface area contributed by atoms with Gasteiger partial charge in [0.2, 0.25) is 0 Å². The summed E-state index contributed by atoms with van der Waals surface area (Å²) in [6, 6.07) is 51.9. The number of para-hydroxylation sites is 1. The lowest BCUT2D eigenvalue weighted by atomic mass is 9.75. The molecule has 1 heteroatoms. The average Bonchev–Trinajstić information content (AvgIpc) is 3.01. The van der Waals surface area contributed by atoms with E-state index in [9.17, 15) is 0 Å². The maximum Gasteiger partial charge on any atom is 0.132 e. The molecule has 1 heterocycles. The molecular formula is C39H30O. The van der Waals surface area contributed by atoms with Crippen molar-refractivity contribution >= 4 is 0 Å². The molecule has 0 bridgehead atoms. The molecule has 1 aliphatic rings. The third-order valence-corrected chi connectivity index (χ3v) is 8.18. The highest BCUT2D eigenvalue weighted by molar-refractivity contribution is 5.87. The second-order valence-corrected chi connectivity index (χ2v) is 11.0. The molecule has 0 spiro atoms. The third-order valence-electron chi connectivity index (χ3n) is 8.18. The molecule has 0 aliphatic carbocycles. The van der Waals surface area contributed by atoms with Crippen LogP contribution in [0.1, 0.15) is 25.0 Å². The summed E-state index contributed by atoms with van der Waals surface area (Å²) < 4.78 is 6.37. The zero-order valence-corrected chi connectivity index (χ0v) is 22.8. The summed E-state index contributed by atoms with van der Waals surface area (Å²) in [6.45, 7) is 4.54. The number of hydrogen-bond acceptors (Lipinski definition) is 1. The van der Waals surface area contributed by atoms with Gasteiger partial charge >= 0.3 is 0 Å². The predicted octanol–water partition coefficient (Wildman–Crippen LogP) is 10.8. The summed E-state index contributed by atoms with van der Waals surface area (Å²) in [7, 11) is 0. The Kier molecular flexibility index (Phi) is 5.86. The molecule has 6 aromatic rings. The standard InChI is InChI=1S/C39H30O/c1-39(2)35-15-9-10-16-37(35)40-38-26-32(22-24-36(38)39)28-19-17-27(18-20-28)31-21-23-33(29-11-5-3-6-12-29)34(25-31)30-13-7-4-8-14-30/h3-26H,1-2H3. The first-order chi connectivity index (χ1) is 19.6. The summed E-state index contributed by atoms with van der Waals surface area (Å²) in [4.78, 5) is 0. The van der Waals surface area contributed by atoms with Crippen LogP contribution in [0.15, 0.2) is 146 Å². The Labute approximate surface area is 236 Å². The minimum absolute atomic E-state index is 0.102. The molecule has 0 fully saturated rings. The Morgan fingerprint density at radius 3 is 1.55 bits per heavy atom. The predicted molar refractivity (Wildman–Crippen MR) is 167 cm³/mol. The van der Waals surface area contributed by atoms with Crippen LogP contribution >= 0.6 is 0 Å². The van der Waals surface area contributed by atoms with Crippen LogP contribution < -0.4 is 4.74 Å². The molecule has 1 aliphatic heterocycles. The van der Waals surface area contributed by atoms with Crippen molar-refractivity contribution in [2.75, 3.05) is 0 Å².